The lowest BCUT2D eigenvalue weighted by Gasteiger charge is -2.11. The maximum absolute atomic E-state index is 13.6. The fourth-order valence-electron chi connectivity index (χ4n) is 2.16. The van der Waals surface area contributed by atoms with Gasteiger partial charge in [0.1, 0.15) is 17.5 Å². The van der Waals surface area contributed by atoms with E-state index < -0.39 is 17.7 Å². The van der Waals surface area contributed by atoms with Gasteiger partial charge in [-0.3, -0.25) is 0 Å². The monoisotopic (exact) mass is 311 g/mol. The van der Waals surface area contributed by atoms with Gasteiger partial charge in [-0.15, -0.1) is 10.2 Å². The van der Waals surface area contributed by atoms with Gasteiger partial charge >= 0.3 is 0 Å². The van der Waals surface area contributed by atoms with Crippen molar-refractivity contribution in [2.24, 2.45) is 7.05 Å². The summed E-state index contributed by atoms with van der Waals surface area (Å²) in [5.74, 6) is 0.300. The molecule has 21 heavy (non-hydrogen) atoms. The molecule has 1 fully saturated rings. The number of hydrogen-bond donors (Lipinski definition) is 1. The van der Waals surface area contributed by atoms with Crippen LogP contribution < -0.4 is 0 Å². The van der Waals surface area contributed by atoms with Crippen molar-refractivity contribution in [3.8, 4) is 0 Å². The number of aromatic nitrogens is 3. The molecule has 1 N–H and O–H groups in total. The van der Waals surface area contributed by atoms with Gasteiger partial charge in [-0.25, -0.2) is 8.78 Å². The first-order valence-electron chi connectivity index (χ1n) is 6.71. The van der Waals surface area contributed by atoms with Gasteiger partial charge in [-0.1, -0.05) is 17.8 Å². The first-order chi connectivity index (χ1) is 10.1. The van der Waals surface area contributed by atoms with Gasteiger partial charge in [-0.05, 0) is 18.9 Å². The van der Waals surface area contributed by atoms with Gasteiger partial charge in [0.2, 0.25) is 0 Å². The van der Waals surface area contributed by atoms with E-state index >= 15 is 0 Å². The second-order valence-corrected chi connectivity index (χ2v) is 6.15. The van der Waals surface area contributed by atoms with Gasteiger partial charge in [-0.2, -0.15) is 0 Å². The number of aliphatic hydroxyl groups is 1. The summed E-state index contributed by atoms with van der Waals surface area (Å²) < 4.78 is 28.3. The molecule has 7 heteroatoms. The Bertz CT molecular complexity index is 658. The van der Waals surface area contributed by atoms with E-state index in [0.29, 0.717) is 11.1 Å². The third kappa shape index (κ3) is 3.08. The van der Waals surface area contributed by atoms with E-state index in [9.17, 15) is 13.9 Å². The predicted molar refractivity (Wildman–Crippen MR) is 75.0 cm³/mol. The fraction of sp³-hybridized carbons (Fsp3) is 0.429. The zero-order valence-electron chi connectivity index (χ0n) is 11.5. The Labute approximate surface area is 125 Å². The largest absolute Gasteiger partial charge is 0.387 e. The Morgan fingerprint density at radius 1 is 1.38 bits per heavy atom. The van der Waals surface area contributed by atoms with E-state index in [2.05, 4.69) is 10.2 Å². The van der Waals surface area contributed by atoms with Gasteiger partial charge < -0.3 is 9.67 Å². The van der Waals surface area contributed by atoms with Gasteiger partial charge in [0.15, 0.2) is 5.16 Å². The number of thioether (sulfide) groups is 1. The van der Waals surface area contributed by atoms with E-state index in [1.165, 1.54) is 17.8 Å². The van der Waals surface area contributed by atoms with E-state index in [1.807, 2.05) is 11.6 Å². The van der Waals surface area contributed by atoms with Crippen molar-refractivity contribution >= 4 is 11.8 Å². The lowest BCUT2D eigenvalue weighted by Crippen LogP contribution is -2.05. The SMILES string of the molecule is Cn1c(SCC(O)c2ccc(F)cc2F)nnc1C1CC1. The summed E-state index contributed by atoms with van der Waals surface area (Å²) in [6.45, 7) is 0. The molecule has 1 aromatic carbocycles. The Balaban J connectivity index is 1.66. The zero-order valence-corrected chi connectivity index (χ0v) is 12.3. The highest BCUT2D eigenvalue weighted by molar-refractivity contribution is 7.99. The smallest absolute Gasteiger partial charge is 0.191 e. The molecule has 1 aliphatic carbocycles. The Morgan fingerprint density at radius 3 is 2.81 bits per heavy atom. The summed E-state index contributed by atoms with van der Waals surface area (Å²) >= 11 is 1.31. The molecule has 0 saturated heterocycles. The van der Waals surface area contributed by atoms with Crippen LogP contribution in [0.3, 0.4) is 0 Å². The molecule has 112 valence electrons. The Hall–Kier alpha value is -1.47. The van der Waals surface area contributed by atoms with Crippen LogP contribution in [0.5, 0.6) is 0 Å². The normalized spacial score (nSPS) is 16.2. The number of benzene rings is 1. The minimum Gasteiger partial charge on any atom is -0.387 e. The van der Waals surface area contributed by atoms with Crippen molar-refractivity contribution in [2.45, 2.75) is 30.0 Å². The first kappa shape index (κ1) is 14.5. The highest BCUT2D eigenvalue weighted by Crippen LogP contribution is 2.39. The number of aliphatic hydroxyl groups excluding tert-OH is 1. The van der Waals surface area contributed by atoms with Crippen LogP contribution in [0, 0.1) is 11.6 Å². The summed E-state index contributed by atoms with van der Waals surface area (Å²) in [7, 11) is 1.89. The lowest BCUT2D eigenvalue weighted by atomic mass is 10.1. The Morgan fingerprint density at radius 2 is 2.14 bits per heavy atom. The van der Waals surface area contributed by atoms with E-state index in [0.717, 1.165) is 30.8 Å². The minimum absolute atomic E-state index is 0.0912. The molecule has 1 aromatic heterocycles. The molecule has 0 amide bonds. The maximum Gasteiger partial charge on any atom is 0.191 e. The van der Waals surface area contributed by atoms with Crippen LogP contribution >= 0.6 is 11.8 Å². The predicted octanol–water partition coefficient (Wildman–Crippen LogP) is 2.80. The van der Waals surface area contributed by atoms with Crippen molar-refractivity contribution in [3.05, 3.63) is 41.2 Å². The van der Waals surface area contributed by atoms with Gasteiger partial charge in [0.05, 0.1) is 6.10 Å². The lowest BCUT2D eigenvalue weighted by molar-refractivity contribution is 0.198. The number of nitrogens with zero attached hydrogens (tertiary/aromatic N) is 3. The van der Waals surface area contributed by atoms with Crippen LogP contribution in [0.2, 0.25) is 0 Å². The average Bonchev–Trinajstić information content (AvgIpc) is 3.21. The van der Waals surface area contributed by atoms with Crippen LogP contribution in [0.1, 0.15) is 36.3 Å². The van der Waals surface area contributed by atoms with Gasteiger partial charge in [0.25, 0.3) is 0 Å². The van der Waals surface area contributed by atoms with Crippen LogP contribution in [0.15, 0.2) is 23.4 Å². The van der Waals surface area contributed by atoms with Gasteiger partial charge in [0, 0.05) is 30.3 Å². The summed E-state index contributed by atoms with van der Waals surface area (Å²) in [5.41, 5.74) is 0.0912. The standard InChI is InChI=1S/C14H15F2N3OS/c1-19-13(8-2-3-8)17-18-14(19)21-7-12(20)10-5-4-9(15)6-11(10)16/h4-6,8,12,20H,2-3,7H2,1H3. The molecular formula is C14H15F2N3OS. The molecule has 0 bridgehead atoms. The van der Waals surface area contributed by atoms with Crippen LogP contribution in [0.25, 0.3) is 0 Å². The second kappa shape index (κ2) is 5.73. The summed E-state index contributed by atoms with van der Waals surface area (Å²) in [5, 5.41) is 19.0. The zero-order chi connectivity index (χ0) is 15.0. The van der Waals surface area contributed by atoms with Crippen LogP contribution in [-0.4, -0.2) is 25.6 Å². The third-order valence-electron chi connectivity index (χ3n) is 3.50. The molecule has 1 aliphatic rings. The summed E-state index contributed by atoms with van der Waals surface area (Å²) in [6, 6.07) is 3.18. The molecule has 1 heterocycles. The van der Waals surface area contributed by atoms with Crippen molar-refractivity contribution in [1.29, 1.82) is 0 Å². The van der Waals surface area contributed by atoms with E-state index in [-0.39, 0.29) is 11.3 Å². The molecule has 0 aliphatic heterocycles. The summed E-state index contributed by atoms with van der Waals surface area (Å²) in [6.07, 6.45) is 1.26. The molecule has 1 unspecified atom stereocenters. The Kier molecular flexibility index (Phi) is 3.95. The average molecular weight is 311 g/mol. The molecule has 3 rings (SSSR count). The molecule has 0 spiro atoms. The summed E-state index contributed by atoms with van der Waals surface area (Å²) in [4.78, 5) is 0. The first-order valence-corrected chi connectivity index (χ1v) is 7.70. The quantitative estimate of drug-likeness (QED) is 0.863. The molecular weight excluding hydrogens is 296 g/mol. The number of halogens is 2. The topological polar surface area (TPSA) is 50.9 Å². The molecule has 0 radical (unpaired) electrons. The van der Waals surface area contributed by atoms with Crippen LogP contribution in [0.4, 0.5) is 8.78 Å². The maximum atomic E-state index is 13.6. The highest BCUT2D eigenvalue weighted by atomic mass is 32.2. The number of hydrogen-bond acceptors (Lipinski definition) is 4. The minimum atomic E-state index is -1.02. The van der Waals surface area contributed by atoms with Crippen LogP contribution in [-0.2, 0) is 7.05 Å². The fourth-order valence-corrected chi connectivity index (χ4v) is 3.04. The highest BCUT2D eigenvalue weighted by Gasteiger charge is 2.29. The number of rotatable bonds is 5. The molecule has 1 saturated carbocycles. The second-order valence-electron chi connectivity index (χ2n) is 5.17. The van der Waals surface area contributed by atoms with Crippen molar-refractivity contribution in [1.82, 2.24) is 14.8 Å². The van der Waals surface area contributed by atoms with Crippen molar-refractivity contribution in [2.75, 3.05) is 5.75 Å². The molecule has 4 nitrogen and oxygen atoms in total. The van der Waals surface area contributed by atoms with Crippen molar-refractivity contribution < 1.29 is 13.9 Å². The molecule has 1 atom stereocenters. The van der Waals surface area contributed by atoms with Crippen molar-refractivity contribution in [3.63, 3.8) is 0 Å². The molecule has 2 aromatic rings. The van der Waals surface area contributed by atoms with E-state index in [4.69, 9.17) is 0 Å². The van der Waals surface area contributed by atoms with E-state index in [1.54, 1.807) is 0 Å². The third-order valence-corrected chi connectivity index (χ3v) is 4.60.